The first-order chi connectivity index (χ1) is 10.0. The van der Waals surface area contributed by atoms with E-state index in [9.17, 15) is 4.79 Å². The average molecular weight is 306 g/mol. The number of nitrogens with two attached hydrogens (primary N) is 1. The number of hydrogen-bond acceptors (Lipinski definition) is 7. The van der Waals surface area contributed by atoms with E-state index in [1.54, 1.807) is 0 Å². The summed E-state index contributed by atoms with van der Waals surface area (Å²) in [6, 6.07) is 1.25. The van der Waals surface area contributed by atoms with Gasteiger partial charge in [0.15, 0.2) is 5.16 Å². The quantitative estimate of drug-likeness (QED) is 0.568. The molecule has 0 aliphatic heterocycles. The maximum absolute atomic E-state index is 11.4. The third-order valence-corrected chi connectivity index (χ3v) is 3.72. The van der Waals surface area contributed by atoms with Crippen molar-refractivity contribution in [3.8, 4) is 0 Å². The summed E-state index contributed by atoms with van der Waals surface area (Å²) in [7, 11) is 0. The molecular formula is C13H18N6OS. The van der Waals surface area contributed by atoms with Crippen LogP contribution in [-0.2, 0) is 6.42 Å². The number of aryl methyl sites for hydroxylation is 1. The lowest BCUT2D eigenvalue weighted by molar-refractivity contribution is 0.863. The first-order valence-corrected chi connectivity index (χ1v) is 7.51. The number of aromatic nitrogens is 4. The smallest absolute Gasteiger partial charge is 0.253 e. The Bertz CT molecular complexity index is 700. The largest absolute Gasteiger partial charge is 0.383 e. The third-order valence-electron chi connectivity index (χ3n) is 2.74. The Morgan fingerprint density at radius 3 is 2.71 bits per heavy atom. The lowest BCUT2D eigenvalue weighted by atomic mass is 10.3. The molecule has 0 saturated heterocycles. The number of nitrogens with one attached hydrogen (secondary N) is 2. The lowest BCUT2D eigenvalue weighted by Gasteiger charge is -2.12. The molecule has 0 unspecified atom stereocenters. The molecule has 0 aromatic carbocycles. The van der Waals surface area contributed by atoms with Crippen molar-refractivity contribution in [2.24, 2.45) is 0 Å². The van der Waals surface area contributed by atoms with Crippen molar-refractivity contribution in [2.45, 2.75) is 37.4 Å². The van der Waals surface area contributed by atoms with Crippen LogP contribution in [0.5, 0.6) is 0 Å². The fourth-order valence-electron chi connectivity index (χ4n) is 1.73. The van der Waals surface area contributed by atoms with Crippen LogP contribution in [0.2, 0.25) is 0 Å². The fraction of sp³-hybridized carbons (Fsp3) is 0.385. The van der Waals surface area contributed by atoms with E-state index in [2.05, 4.69) is 25.3 Å². The van der Waals surface area contributed by atoms with Crippen LogP contribution in [-0.4, -0.2) is 26.5 Å². The number of hydrogen-bond donors (Lipinski definition) is 3. The Morgan fingerprint density at radius 2 is 2.10 bits per heavy atom. The van der Waals surface area contributed by atoms with Crippen molar-refractivity contribution < 1.29 is 0 Å². The molecule has 21 heavy (non-hydrogen) atoms. The van der Waals surface area contributed by atoms with Crippen LogP contribution >= 0.6 is 11.8 Å². The van der Waals surface area contributed by atoms with Gasteiger partial charge in [-0.1, -0.05) is 6.92 Å². The molecule has 2 rings (SSSR count). The molecule has 0 radical (unpaired) electrons. The molecule has 4 N–H and O–H groups in total. The van der Waals surface area contributed by atoms with Crippen LogP contribution in [0.3, 0.4) is 0 Å². The number of rotatable bonds is 5. The van der Waals surface area contributed by atoms with Gasteiger partial charge in [0.25, 0.3) is 5.56 Å². The van der Waals surface area contributed by atoms with Crippen LogP contribution in [0, 0.1) is 6.92 Å². The summed E-state index contributed by atoms with van der Waals surface area (Å²) in [5, 5.41) is 4.40. The minimum atomic E-state index is -0.278. The predicted octanol–water partition coefficient (Wildman–Crippen LogP) is 1.60. The first-order valence-electron chi connectivity index (χ1n) is 6.69. The minimum absolute atomic E-state index is 0.190. The van der Waals surface area contributed by atoms with Crippen LogP contribution in [0.15, 0.2) is 21.0 Å². The fourth-order valence-corrected chi connectivity index (χ4v) is 2.62. The standard InChI is InChI=1S/C13H18N6OS/c1-4-9-17-11(15-5-2)7(3)12(18-9)21-13-16-8(14)6-10(20)19-13/h6H,4-5H2,1-3H3,(H,15,17,18)(H3,14,16,19,20). The second-order valence-electron chi connectivity index (χ2n) is 4.38. The number of nitrogen functional groups attached to an aromatic ring is 1. The Labute approximate surface area is 126 Å². The van der Waals surface area contributed by atoms with Crippen LogP contribution in [0.4, 0.5) is 11.6 Å². The van der Waals surface area contributed by atoms with Gasteiger partial charge in [0.05, 0.1) is 0 Å². The molecule has 112 valence electrons. The van der Waals surface area contributed by atoms with Gasteiger partial charge in [0.2, 0.25) is 0 Å². The molecule has 0 fully saturated rings. The van der Waals surface area contributed by atoms with E-state index in [-0.39, 0.29) is 11.4 Å². The van der Waals surface area contributed by atoms with Crippen molar-refractivity contribution in [2.75, 3.05) is 17.6 Å². The summed E-state index contributed by atoms with van der Waals surface area (Å²) >= 11 is 1.27. The summed E-state index contributed by atoms with van der Waals surface area (Å²) in [6.45, 7) is 6.72. The SMILES string of the molecule is CCNc1nc(CC)nc(Sc2nc(N)cc(=O)[nH]2)c1C. The van der Waals surface area contributed by atoms with Crippen molar-refractivity contribution in [1.82, 2.24) is 19.9 Å². The molecule has 2 aromatic heterocycles. The average Bonchev–Trinajstić information content (AvgIpc) is 2.42. The second-order valence-corrected chi connectivity index (χ2v) is 5.36. The van der Waals surface area contributed by atoms with Gasteiger partial charge in [-0.2, -0.15) is 0 Å². The van der Waals surface area contributed by atoms with E-state index in [0.29, 0.717) is 5.16 Å². The molecule has 0 spiro atoms. The molecule has 2 aromatic rings. The topological polar surface area (TPSA) is 110 Å². The maximum atomic E-state index is 11.4. The molecular weight excluding hydrogens is 288 g/mol. The predicted molar refractivity (Wildman–Crippen MR) is 83.7 cm³/mol. The molecule has 7 nitrogen and oxygen atoms in total. The van der Waals surface area contributed by atoms with Crippen molar-refractivity contribution in [1.29, 1.82) is 0 Å². The number of H-pyrrole nitrogens is 1. The maximum Gasteiger partial charge on any atom is 0.253 e. The van der Waals surface area contributed by atoms with Crippen LogP contribution in [0.25, 0.3) is 0 Å². The Balaban J connectivity index is 2.42. The number of anilines is 2. The van der Waals surface area contributed by atoms with Gasteiger partial charge < -0.3 is 16.0 Å². The van der Waals surface area contributed by atoms with Gasteiger partial charge in [0.1, 0.15) is 22.5 Å². The molecule has 0 aliphatic carbocycles. The van der Waals surface area contributed by atoms with Gasteiger partial charge in [-0.15, -0.1) is 0 Å². The Morgan fingerprint density at radius 1 is 1.33 bits per heavy atom. The zero-order chi connectivity index (χ0) is 15.4. The summed E-state index contributed by atoms with van der Waals surface area (Å²) in [5.41, 5.74) is 6.24. The zero-order valence-corrected chi connectivity index (χ0v) is 13.0. The second kappa shape index (κ2) is 6.57. The first kappa shape index (κ1) is 15.3. The van der Waals surface area contributed by atoms with Gasteiger partial charge in [-0.25, -0.2) is 15.0 Å². The van der Waals surface area contributed by atoms with Crippen LogP contribution < -0.4 is 16.6 Å². The zero-order valence-electron chi connectivity index (χ0n) is 12.2. The highest BCUT2D eigenvalue weighted by molar-refractivity contribution is 7.99. The van der Waals surface area contributed by atoms with E-state index in [0.717, 1.165) is 35.2 Å². The third kappa shape index (κ3) is 3.72. The highest BCUT2D eigenvalue weighted by Gasteiger charge is 2.12. The summed E-state index contributed by atoms with van der Waals surface area (Å²) in [4.78, 5) is 27.2. The van der Waals surface area contributed by atoms with Gasteiger partial charge in [-0.3, -0.25) is 4.79 Å². The monoisotopic (exact) mass is 306 g/mol. The van der Waals surface area contributed by atoms with E-state index in [1.165, 1.54) is 17.8 Å². The Hall–Kier alpha value is -2.09. The molecule has 0 bridgehead atoms. The highest BCUT2D eigenvalue weighted by atomic mass is 32.2. The molecule has 0 amide bonds. The Kier molecular flexibility index (Phi) is 4.79. The lowest BCUT2D eigenvalue weighted by Crippen LogP contribution is -2.10. The van der Waals surface area contributed by atoms with Crippen molar-refractivity contribution in [3.05, 3.63) is 27.8 Å². The summed E-state index contributed by atoms with van der Waals surface area (Å²) in [5.74, 6) is 1.74. The van der Waals surface area contributed by atoms with Gasteiger partial charge >= 0.3 is 0 Å². The van der Waals surface area contributed by atoms with Crippen LogP contribution in [0.1, 0.15) is 25.2 Å². The van der Waals surface area contributed by atoms with Gasteiger partial charge in [0, 0.05) is 24.6 Å². The molecule has 0 saturated carbocycles. The molecule has 0 aliphatic rings. The van der Waals surface area contributed by atoms with E-state index in [4.69, 9.17) is 5.73 Å². The summed E-state index contributed by atoms with van der Waals surface area (Å²) < 4.78 is 0. The van der Waals surface area contributed by atoms with Crippen molar-refractivity contribution >= 4 is 23.4 Å². The summed E-state index contributed by atoms with van der Waals surface area (Å²) in [6.07, 6.45) is 0.729. The van der Waals surface area contributed by atoms with E-state index in [1.807, 2.05) is 20.8 Å². The van der Waals surface area contributed by atoms with Crippen molar-refractivity contribution in [3.63, 3.8) is 0 Å². The van der Waals surface area contributed by atoms with Gasteiger partial charge in [-0.05, 0) is 25.6 Å². The molecule has 2 heterocycles. The number of aromatic amines is 1. The van der Waals surface area contributed by atoms with E-state index < -0.39 is 0 Å². The normalized spacial score (nSPS) is 10.6. The number of nitrogens with zero attached hydrogens (tertiary/aromatic N) is 3. The molecule has 8 heteroatoms. The minimum Gasteiger partial charge on any atom is -0.383 e. The molecule has 0 atom stereocenters. The highest BCUT2D eigenvalue weighted by Crippen LogP contribution is 2.29. The van der Waals surface area contributed by atoms with E-state index >= 15 is 0 Å².